The van der Waals surface area contributed by atoms with Crippen LogP contribution in [0.5, 0.6) is 0 Å². The summed E-state index contributed by atoms with van der Waals surface area (Å²) >= 11 is 1.74. The van der Waals surface area contributed by atoms with Crippen LogP contribution in [-0.2, 0) is 0 Å². The van der Waals surface area contributed by atoms with E-state index in [0.29, 0.717) is 11.3 Å². The molecule has 17 heavy (non-hydrogen) atoms. The van der Waals surface area contributed by atoms with Gasteiger partial charge < -0.3 is 10.6 Å². The number of hydrogen-bond donors (Lipinski definition) is 1. The Hall–Kier alpha value is -0.480. The second kappa shape index (κ2) is 5.91. The Labute approximate surface area is 109 Å². The molecule has 2 N–H and O–H groups in total. The zero-order valence-electron chi connectivity index (χ0n) is 10.9. The summed E-state index contributed by atoms with van der Waals surface area (Å²) in [6.07, 6.45) is 7.13. The summed E-state index contributed by atoms with van der Waals surface area (Å²) in [5.74, 6) is 0. The van der Waals surface area contributed by atoms with E-state index in [2.05, 4.69) is 29.8 Å². The monoisotopic (exact) mass is 253 g/mol. The highest BCUT2D eigenvalue weighted by Gasteiger charge is 2.31. The molecule has 4 heteroatoms. The molecule has 0 radical (unpaired) electrons. The van der Waals surface area contributed by atoms with E-state index in [1.165, 1.54) is 38.0 Å². The van der Waals surface area contributed by atoms with E-state index < -0.39 is 0 Å². The van der Waals surface area contributed by atoms with Crippen molar-refractivity contribution in [2.24, 2.45) is 10.7 Å². The van der Waals surface area contributed by atoms with Crippen molar-refractivity contribution in [2.45, 2.75) is 50.8 Å². The van der Waals surface area contributed by atoms with Crippen LogP contribution in [0.4, 0.5) is 0 Å². The number of aliphatic imine (C=N–C) groups is 1. The predicted molar refractivity (Wildman–Crippen MR) is 76.3 cm³/mol. The quantitative estimate of drug-likeness (QED) is 0.819. The first kappa shape index (κ1) is 13.0. The average molecular weight is 253 g/mol. The Morgan fingerprint density at radius 1 is 1.41 bits per heavy atom. The van der Waals surface area contributed by atoms with Crippen LogP contribution in [0.1, 0.15) is 39.5 Å². The molecule has 96 valence electrons. The molecule has 0 aromatic rings. The number of rotatable bonds is 5. The highest BCUT2D eigenvalue weighted by molar-refractivity contribution is 8.14. The van der Waals surface area contributed by atoms with Gasteiger partial charge in [-0.2, -0.15) is 0 Å². The number of hydrogen-bond acceptors (Lipinski definition) is 4. The van der Waals surface area contributed by atoms with E-state index in [0.717, 1.165) is 11.6 Å². The van der Waals surface area contributed by atoms with Gasteiger partial charge in [-0.15, -0.1) is 0 Å². The van der Waals surface area contributed by atoms with Crippen molar-refractivity contribution in [3.8, 4) is 0 Å². The summed E-state index contributed by atoms with van der Waals surface area (Å²) in [4.78, 5) is 7.04. The van der Waals surface area contributed by atoms with E-state index in [-0.39, 0.29) is 0 Å². The van der Waals surface area contributed by atoms with Crippen molar-refractivity contribution in [3.63, 3.8) is 0 Å². The van der Waals surface area contributed by atoms with Gasteiger partial charge in [0.1, 0.15) is 0 Å². The third-order valence-electron chi connectivity index (χ3n) is 3.46. The van der Waals surface area contributed by atoms with Gasteiger partial charge in [0.25, 0.3) is 0 Å². The third-order valence-corrected chi connectivity index (χ3v) is 4.51. The normalized spacial score (nSPS) is 27.9. The molecular weight excluding hydrogens is 230 g/mol. The van der Waals surface area contributed by atoms with Gasteiger partial charge in [-0.25, -0.2) is 4.99 Å². The molecule has 2 aliphatic rings. The van der Waals surface area contributed by atoms with Crippen LogP contribution < -0.4 is 5.73 Å². The number of fused-ring (bicyclic) bond motifs is 1. The minimum absolute atomic E-state index is 0.518. The molecule has 1 aliphatic carbocycles. The lowest BCUT2D eigenvalue weighted by molar-refractivity contribution is 0.184. The largest absolute Gasteiger partial charge is 0.378 e. The van der Waals surface area contributed by atoms with Gasteiger partial charge in [0.2, 0.25) is 0 Å². The van der Waals surface area contributed by atoms with Gasteiger partial charge in [-0.1, -0.05) is 31.7 Å². The fourth-order valence-corrected chi connectivity index (χ4v) is 3.76. The van der Waals surface area contributed by atoms with Crippen molar-refractivity contribution in [1.82, 2.24) is 4.90 Å². The molecule has 3 nitrogen and oxygen atoms in total. The molecule has 2 atom stereocenters. The molecule has 0 spiro atoms. The summed E-state index contributed by atoms with van der Waals surface area (Å²) in [5, 5.41) is 1.27. The Bertz CT molecular complexity index is 319. The summed E-state index contributed by atoms with van der Waals surface area (Å²) in [7, 11) is 0. The molecule has 2 rings (SSSR count). The molecule has 2 unspecified atom stereocenters. The molecule has 0 bridgehead atoms. The molecule has 0 aromatic heterocycles. The van der Waals surface area contributed by atoms with Crippen LogP contribution in [0.25, 0.3) is 0 Å². The summed E-state index contributed by atoms with van der Waals surface area (Å²) in [6.45, 7) is 6.96. The SMILES string of the molecule is CCCN(CCC)C1CC=C2N=C(N)SC2C1. The molecular formula is C13H23N3S. The Morgan fingerprint density at radius 3 is 2.76 bits per heavy atom. The summed E-state index contributed by atoms with van der Waals surface area (Å²) < 4.78 is 0. The van der Waals surface area contributed by atoms with E-state index in [1.54, 1.807) is 11.8 Å². The van der Waals surface area contributed by atoms with Crippen LogP contribution in [-0.4, -0.2) is 34.4 Å². The van der Waals surface area contributed by atoms with Gasteiger partial charge in [0.15, 0.2) is 5.17 Å². The third kappa shape index (κ3) is 3.05. The van der Waals surface area contributed by atoms with Crippen LogP contribution in [0.3, 0.4) is 0 Å². The standard InChI is InChI=1S/C13H23N3S/c1-3-7-16(8-4-2)10-5-6-11-12(9-10)17-13(14)15-11/h6,10,12H,3-5,7-9H2,1-2H3,(H2,14,15). The number of thioether (sulfide) groups is 1. The molecule has 0 fully saturated rings. The highest BCUT2D eigenvalue weighted by atomic mass is 32.2. The first-order valence-corrected chi connectivity index (χ1v) is 7.57. The molecule has 0 saturated heterocycles. The average Bonchev–Trinajstić information content (AvgIpc) is 2.67. The lowest BCUT2D eigenvalue weighted by Gasteiger charge is -2.34. The molecule has 0 aromatic carbocycles. The van der Waals surface area contributed by atoms with Gasteiger partial charge in [0.05, 0.1) is 10.9 Å². The smallest absolute Gasteiger partial charge is 0.159 e. The lowest BCUT2D eigenvalue weighted by Crippen LogP contribution is -2.39. The minimum atomic E-state index is 0.518. The predicted octanol–water partition coefficient (Wildman–Crippen LogP) is 2.58. The van der Waals surface area contributed by atoms with Crippen LogP contribution in [0, 0.1) is 0 Å². The summed E-state index contributed by atoms with van der Waals surface area (Å²) in [6, 6.07) is 0.692. The second-order valence-electron chi connectivity index (χ2n) is 4.85. The van der Waals surface area contributed by atoms with Crippen molar-refractivity contribution in [1.29, 1.82) is 0 Å². The zero-order valence-corrected chi connectivity index (χ0v) is 11.7. The minimum Gasteiger partial charge on any atom is -0.378 e. The topological polar surface area (TPSA) is 41.6 Å². The molecule has 0 amide bonds. The highest BCUT2D eigenvalue weighted by Crippen LogP contribution is 2.37. The van der Waals surface area contributed by atoms with E-state index in [9.17, 15) is 0 Å². The number of nitrogens with zero attached hydrogens (tertiary/aromatic N) is 2. The van der Waals surface area contributed by atoms with Crippen molar-refractivity contribution in [3.05, 3.63) is 11.8 Å². The van der Waals surface area contributed by atoms with Crippen molar-refractivity contribution in [2.75, 3.05) is 13.1 Å². The fraction of sp³-hybridized carbons (Fsp3) is 0.769. The maximum atomic E-state index is 5.79. The molecule has 0 saturated carbocycles. The van der Waals surface area contributed by atoms with Gasteiger partial charge in [-0.3, -0.25) is 0 Å². The van der Waals surface area contributed by atoms with Crippen molar-refractivity contribution >= 4 is 16.9 Å². The van der Waals surface area contributed by atoms with E-state index in [1.807, 2.05) is 0 Å². The molecule has 1 aliphatic heterocycles. The summed E-state index contributed by atoms with van der Waals surface area (Å²) in [5.41, 5.74) is 7.01. The Morgan fingerprint density at radius 2 is 2.12 bits per heavy atom. The van der Waals surface area contributed by atoms with Crippen molar-refractivity contribution < 1.29 is 0 Å². The van der Waals surface area contributed by atoms with E-state index in [4.69, 9.17) is 5.73 Å². The van der Waals surface area contributed by atoms with Crippen LogP contribution >= 0.6 is 11.8 Å². The number of amidine groups is 1. The maximum absolute atomic E-state index is 5.79. The molecule has 1 heterocycles. The second-order valence-corrected chi connectivity index (χ2v) is 6.07. The fourth-order valence-electron chi connectivity index (χ4n) is 2.73. The first-order valence-electron chi connectivity index (χ1n) is 6.69. The van der Waals surface area contributed by atoms with Gasteiger partial charge in [-0.05, 0) is 38.8 Å². The zero-order chi connectivity index (χ0) is 12.3. The number of nitrogens with two attached hydrogens (primary N) is 1. The Kier molecular flexibility index (Phi) is 4.51. The Balaban J connectivity index is 1.97. The van der Waals surface area contributed by atoms with Crippen LogP contribution in [0.15, 0.2) is 16.8 Å². The maximum Gasteiger partial charge on any atom is 0.159 e. The van der Waals surface area contributed by atoms with E-state index >= 15 is 0 Å². The van der Waals surface area contributed by atoms with Crippen LogP contribution in [0.2, 0.25) is 0 Å². The first-order chi connectivity index (χ1) is 8.24. The van der Waals surface area contributed by atoms with Gasteiger partial charge in [0, 0.05) is 6.04 Å². The van der Waals surface area contributed by atoms with Gasteiger partial charge >= 0.3 is 0 Å². The lowest BCUT2D eigenvalue weighted by atomic mass is 9.97.